The molecule has 0 aliphatic heterocycles. The van der Waals surface area contributed by atoms with Crippen LogP contribution in [0, 0.1) is 0 Å². The van der Waals surface area contributed by atoms with E-state index in [-0.39, 0.29) is 11.9 Å². The number of nitrogens with two attached hydrogens (primary N) is 4. The number of carbonyl (C=O) groups is 2. The summed E-state index contributed by atoms with van der Waals surface area (Å²) >= 11 is 0. The minimum atomic E-state index is -0.336. The average molecular weight is 719 g/mol. The summed E-state index contributed by atoms with van der Waals surface area (Å²) < 4.78 is 10.8. The Morgan fingerprint density at radius 3 is 1.74 bits per heavy atom. The van der Waals surface area contributed by atoms with Gasteiger partial charge in [0, 0.05) is 69.1 Å². The molecule has 0 aliphatic rings. The summed E-state index contributed by atoms with van der Waals surface area (Å²) in [6.45, 7) is 12.6. The van der Waals surface area contributed by atoms with Gasteiger partial charge in [-0.05, 0) is 131 Å². The fourth-order valence-corrected chi connectivity index (χ4v) is 5.13. The number of hydrogen-bond donors (Lipinski definition) is 5. The van der Waals surface area contributed by atoms with Crippen LogP contribution in [0.25, 0.3) is 10.8 Å². The Bertz CT molecular complexity index is 1850. The maximum Gasteiger partial charge on any atom is 0.333 e. The van der Waals surface area contributed by atoms with Crippen LogP contribution in [0.2, 0.25) is 0 Å². The minimum absolute atomic E-state index is 0.191. The van der Waals surface area contributed by atoms with E-state index in [2.05, 4.69) is 42.8 Å². The summed E-state index contributed by atoms with van der Waals surface area (Å²) in [7, 11) is 0. The number of hydrogen-bond acceptors (Lipinski definition) is 9. The lowest BCUT2D eigenvalue weighted by molar-refractivity contribution is -0.139. The van der Waals surface area contributed by atoms with E-state index in [4.69, 9.17) is 32.4 Å². The lowest BCUT2D eigenvalue weighted by Gasteiger charge is -2.20. The van der Waals surface area contributed by atoms with Crippen LogP contribution in [-0.4, -0.2) is 38.2 Å². The molecular formula is C43H54N6O4. The van der Waals surface area contributed by atoms with E-state index >= 15 is 0 Å². The number of nitrogens with one attached hydrogen (secondary N) is 1. The van der Waals surface area contributed by atoms with Gasteiger partial charge in [0.15, 0.2) is 0 Å². The normalized spacial score (nSPS) is 10.2. The van der Waals surface area contributed by atoms with Crippen molar-refractivity contribution < 1.29 is 19.1 Å². The quantitative estimate of drug-likeness (QED) is 0.0326. The highest BCUT2D eigenvalue weighted by molar-refractivity contribution is 6.11. The molecule has 0 heterocycles. The molecule has 5 aromatic carbocycles. The minimum Gasteiger partial charge on any atom is -0.494 e. The van der Waals surface area contributed by atoms with Gasteiger partial charge >= 0.3 is 5.97 Å². The van der Waals surface area contributed by atoms with Crippen LogP contribution in [0.3, 0.4) is 0 Å². The molecule has 280 valence electrons. The van der Waals surface area contributed by atoms with Crippen molar-refractivity contribution in [1.29, 1.82) is 0 Å². The van der Waals surface area contributed by atoms with Crippen LogP contribution in [-0.2, 0) is 9.53 Å². The van der Waals surface area contributed by atoms with Gasteiger partial charge in [-0.2, -0.15) is 0 Å². The van der Waals surface area contributed by atoms with E-state index < -0.39 is 0 Å². The van der Waals surface area contributed by atoms with E-state index in [1.165, 1.54) is 5.69 Å². The molecule has 0 saturated carbocycles. The number of amides is 1. The van der Waals surface area contributed by atoms with Crippen molar-refractivity contribution in [1.82, 2.24) is 0 Å². The maximum atomic E-state index is 12.7. The molecule has 0 radical (unpaired) electrons. The Morgan fingerprint density at radius 1 is 0.660 bits per heavy atom. The number of fused-ring (bicyclic) bond motifs is 1. The van der Waals surface area contributed by atoms with Crippen molar-refractivity contribution >= 4 is 56.8 Å². The van der Waals surface area contributed by atoms with Gasteiger partial charge in [0.05, 0.1) is 13.2 Å². The number of anilines is 6. The third kappa shape index (κ3) is 14.2. The van der Waals surface area contributed by atoms with Crippen LogP contribution in [0.4, 0.5) is 34.1 Å². The van der Waals surface area contributed by atoms with Crippen LogP contribution >= 0.6 is 0 Å². The molecule has 5 aromatic rings. The Balaban J connectivity index is 0.000000305. The molecule has 0 spiro atoms. The monoisotopic (exact) mass is 718 g/mol. The number of ether oxygens (including phenoxy) is 2. The first-order valence-corrected chi connectivity index (χ1v) is 17.9. The number of nitrogen functional groups attached to an aromatic ring is 4. The first-order chi connectivity index (χ1) is 25.5. The van der Waals surface area contributed by atoms with E-state index in [9.17, 15) is 9.59 Å². The molecule has 1 amide bonds. The van der Waals surface area contributed by atoms with Gasteiger partial charge < -0.3 is 42.6 Å². The van der Waals surface area contributed by atoms with Gasteiger partial charge in [-0.15, -0.1) is 0 Å². The number of rotatable bonds is 14. The average Bonchev–Trinajstić information content (AvgIpc) is 3.17. The molecule has 0 atom stereocenters. The van der Waals surface area contributed by atoms with Crippen molar-refractivity contribution in [3.63, 3.8) is 0 Å². The van der Waals surface area contributed by atoms with E-state index in [0.29, 0.717) is 30.0 Å². The standard InChI is InChI=1S/C27H30N2O4.C10H16N2.C6H8N2/c1-19(2)27(31)33-18-8-4-3-7-17-32-21-13-11-20(12-14-21)26(30)29-25-16-15-24(28)22-9-5-6-10-23(22)25;1-3-12(4-2)10-7-5-9(11)6-8-10;7-5-1-2-6(8)4-3-5/h5-6,9-16H,1,3-4,7-8,17-18,28H2,2H3,(H,29,30);5-8H,3-4,11H2,1-2H3;1-4H,7-8H2. The Labute approximate surface area is 313 Å². The van der Waals surface area contributed by atoms with Crippen LogP contribution in [0.1, 0.15) is 56.8 Å². The molecule has 53 heavy (non-hydrogen) atoms. The Hall–Kier alpha value is -6.16. The summed E-state index contributed by atoms with van der Waals surface area (Å²) in [6.07, 6.45) is 3.68. The molecule has 10 nitrogen and oxygen atoms in total. The SMILES string of the molecule is C=C(C)C(=O)OCCCCCCOc1ccc(C(=O)Nc2ccc(N)c3ccccc23)cc1.CCN(CC)c1ccc(N)cc1.Nc1ccc(N)cc1. The number of benzene rings is 5. The van der Waals surface area contributed by atoms with Crippen molar-refractivity contribution in [3.05, 3.63) is 127 Å². The third-order valence-electron chi connectivity index (χ3n) is 8.17. The zero-order chi connectivity index (χ0) is 38.6. The van der Waals surface area contributed by atoms with Crippen LogP contribution in [0.15, 0.2) is 121 Å². The highest BCUT2D eigenvalue weighted by Crippen LogP contribution is 2.28. The predicted molar refractivity (Wildman–Crippen MR) is 222 cm³/mol. The van der Waals surface area contributed by atoms with Crippen molar-refractivity contribution in [2.45, 2.75) is 46.5 Å². The van der Waals surface area contributed by atoms with Crippen molar-refractivity contribution in [2.24, 2.45) is 0 Å². The lowest BCUT2D eigenvalue weighted by Crippen LogP contribution is -2.21. The zero-order valence-corrected chi connectivity index (χ0v) is 31.1. The highest BCUT2D eigenvalue weighted by atomic mass is 16.5. The molecule has 0 unspecified atom stereocenters. The number of nitrogens with zero attached hydrogens (tertiary/aromatic N) is 1. The van der Waals surface area contributed by atoms with E-state index in [1.54, 1.807) is 61.5 Å². The van der Waals surface area contributed by atoms with Crippen LogP contribution in [0.5, 0.6) is 5.75 Å². The number of carbonyl (C=O) groups excluding carboxylic acids is 2. The smallest absolute Gasteiger partial charge is 0.333 e. The van der Waals surface area contributed by atoms with Gasteiger partial charge in [-0.25, -0.2) is 4.79 Å². The summed E-state index contributed by atoms with van der Waals surface area (Å²) in [5.41, 5.74) is 28.3. The summed E-state index contributed by atoms with van der Waals surface area (Å²) in [5.74, 6) is 0.195. The second-order valence-electron chi connectivity index (χ2n) is 12.3. The van der Waals surface area contributed by atoms with E-state index in [0.717, 1.165) is 78.0 Å². The molecule has 5 rings (SSSR count). The predicted octanol–water partition coefficient (Wildman–Crippen LogP) is 8.70. The number of esters is 1. The van der Waals surface area contributed by atoms with E-state index in [1.807, 2.05) is 42.5 Å². The molecule has 10 heteroatoms. The third-order valence-corrected chi connectivity index (χ3v) is 8.17. The Morgan fingerprint density at radius 2 is 1.19 bits per heavy atom. The molecule has 9 N–H and O–H groups in total. The molecule has 0 bridgehead atoms. The summed E-state index contributed by atoms with van der Waals surface area (Å²) in [6, 6.07) is 33.5. The summed E-state index contributed by atoms with van der Waals surface area (Å²) in [5, 5.41) is 4.78. The second kappa shape index (κ2) is 21.9. The van der Waals surface area contributed by atoms with Crippen LogP contribution < -0.4 is 37.9 Å². The summed E-state index contributed by atoms with van der Waals surface area (Å²) in [4.78, 5) is 26.3. The molecule has 0 fully saturated rings. The second-order valence-corrected chi connectivity index (χ2v) is 12.3. The molecule has 0 aromatic heterocycles. The molecular weight excluding hydrogens is 665 g/mol. The lowest BCUT2D eigenvalue weighted by atomic mass is 10.1. The van der Waals surface area contributed by atoms with Gasteiger partial charge in [0.1, 0.15) is 5.75 Å². The topological polar surface area (TPSA) is 172 Å². The largest absolute Gasteiger partial charge is 0.494 e. The molecule has 0 saturated heterocycles. The van der Waals surface area contributed by atoms with Gasteiger partial charge in [-0.1, -0.05) is 30.8 Å². The first-order valence-electron chi connectivity index (χ1n) is 17.9. The maximum absolute atomic E-state index is 12.7. The van der Waals surface area contributed by atoms with Crippen molar-refractivity contribution in [3.8, 4) is 5.75 Å². The van der Waals surface area contributed by atoms with Gasteiger partial charge in [0.2, 0.25) is 0 Å². The Kier molecular flexibility index (Phi) is 17.1. The van der Waals surface area contributed by atoms with Gasteiger partial charge in [-0.3, -0.25) is 4.79 Å². The first kappa shape index (κ1) is 41.3. The fourth-order valence-electron chi connectivity index (χ4n) is 5.13. The molecule has 0 aliphatic carbocycles. The zero-order valence-electron chi connectivity index (χ0n) is 31.1. The number of unbranched alkanes of at least 4 members (excludes halogenated alkanes) is 3. The van der Waals surface area contributed by atoms with Gasteiger partial charge in [0.25, 0.3) is 5.91 Å². The highest BCUT2D eigenvalue weighted by Gasteiger charge is 2.10. The fraction of sp³-hybridized carbons (Fsp3) is 0.256. The van der Waals surface area contributed by atoms with Crippen molar-refractivity contribution in [2.75, 3.05) is 59.5 Å².